The summed E-state index contributed by atoms with van der Waals surface area (Å²) in [5, 5.41) is 0. The number of fused-ring (bicyclic) bond motifs is 1. The Morgan fingerprint density at radius 1 is 1.04 bits per heavy atom. The van der Waals surface area contributed by atoms with Crippen molar-refractivity contribution in [1.82, 2.24) is 4.98 Å². The Labute approximate surface area is 152 Å². The Bertz CT molecular complexity index is 845. The number of nitrogens with two attached hydrogens (primary N) is 1. The predicted molar refractivity (Wildman–Crippen MR) is 103 cm³/mol. The molecule has 0 aliphatic carbocycles. The van der Waals surface area contributed by atoms with Gasteiger partial charge in [0.1, 0.15) is 5.52 Å². The number of anilines is 1. The van der Waals surface area contributed by atoms with E-state index in [1.807, 2.05) is 19.1 Å². The largest absolute Gasteiger partial charge is 0.436 e. The highest BCUT2D eigenvalue weighted by Gasteiger charge is 2.19. The molecule has 0 saturated carbocycles. The van der Waals surface area contributed by atoms with Crippen LogP contribution in [-0.4, -0.2) is 4.98 Å². The maximum absolute atomic E-state index is 6.09. The Hall–Kier alpha value is -1.33. The van der Waals surface area contributed by atoms with Crippen molar-refractivity contribution < 1.29 is 4.42 Å². The van der Waals surface area contributed by atoms with Gasteiger partial charge in [0.15, 0.2) is 5.58 Å². The van der Waals surface area contributed by atoms with Crippen LogP contribution in [0, 0.1) is 6.92 Å². The second-order valence-corrected chi connectivity index (χ2v) is 8.28. The second kappa shape index (κ2) is 5.64. The number of oxazole rings is 1. The summed E-state index contributed by atoms with van der Waals surface area (Å²) in [7, 11) is 0. The first-order valence-electron chi connectivity index (χ1n) is 7.34. The molecule has 0 aliphatic rings. The van der Waals surface area contributed by atoms with Crippen LogP contribution in [0.1, 0.15) is 31.9 Å². The zero-order valence-electron chi connectivity index (χ0n) is 13.5. The van der Waals surface area contributed by atoms with E-state index in [1.165, 1.54) is 5.56 Å². The molecule has 1 aromatic heterocycles. The maximum Gasteiger partial charge on any atom is 0.227 e. The zero-order valence-corrected chi connectivity index (χ0v) is 16.7. The number of nitrogens with zero attached hydrogens (tertiary/aromatic N) is 1. The molecule has 0 unspecified atom stereocenters. The zero-order chi connectivity index (χ0) is 16.9. The topological polar surface area (TPSA) is 52.0 Å². The van der Waals surface area contributed by atoms with Crippen LogP contribution >= 0.6 is 31.9 Å². The standard InChI is InChI=1S/C18H18Br2N2O/c1-9-12(19)14(21)13(20)15-16(9)23-17(22-15)10-5-7-11(8-6-10)18(2,3)4/h5-8H,21H2,1-4H3. The van der Waals surface area contributed by atoms with Crippen molar-refractivity contribution in [2.45, 2.75) is 33.1 Å². The van der Waals surface area contributed by atoms with Gasteiger partial charge in [0.2, 0.25) is 5.89 Å². The first kappa shape index (κ1) is 16.5. The number of aryl methyl sites for hydroxylation is 1. The fourth-order valence-electron chi connectivity index (χ4n) is 2.48. The van der Waals surface area contributed by atoms with E-state index < -0.39 is 0 Å². The number of benzene rings is 2. The Morgan fingerprint density at radius 2 is 1.65 bits per heavy atom. The van der Waals surface area contributed by atoms with Gasteiger partial charge in [0.25, 0.3) is 0 Å². The molecule has 2 aromatic carbocycles. The molecule has 23 heavy (non-hydrogen) atoms. The summed E-state index contributed by atoms with van der Waals surface area (Å²) >= 11 is 7.02. The smallest absolute Gasteiger partial charge is 0.227 e. The van der Waals surface area contributed by atoms with E-state index in [4.69, 9.17) is 10.2 Å². The van der Waals surface area contributed by atoms with Crippen molar-refractivity contribution in [1.29, 1.82) is 0 Å². The average molecular weight is 438 g/mol. The summed E-state index contributed by atoms with van der Waals surface area (Å²) in [4.78, 5) is 4.62. The highest BCUT2D eigenvalue weighted by Crippen LogP contribution is 2.40. The molecule has 0 radical (unpaired) electrons. The van der Waals surface area contributed by atoms with Crippen molar-refractivity contribution in [3.63, 3.8) is 0 Å². The first-order valence-corrected chi connectivity index (χ1v) is 8.93. The minimum Gasteiger partial charge on any atom is -0.436 e. The molecule has 0 spiro atoms. The lowest BCUT2D eigenvalue weighted by Gasteiger charge is -2.18. The number of hydrogen-bond donors (Lipinski definition) is 1. The fourth-order valence-corrected chi connectivity index (χ4v) is 3.60. The maximum atomic E-state index is 6.09. The van der Waals surface area contributed by atoms with Crippen LogP contribution in [0.3, 0.4) is 0 Å². The number of hydrogen-bond acceptors (Lipinski definition) is 3. The van der Waals surface area contributed by atoms with Crippen LogP contribution in [0.15, 0.2) is 37.6 Å². The summed E-state index contributed by atoms with van der Waals surface area (Å²) in [6.45, 7) is 8.56. The van der Waals surface area contributed by atoms with Crippen molar-refractivity contribution in [3.8, 4) is 11.5 Å². The van der Waals surface area contributed by atoms with E-state index >= 15 is 0 Å². The Balaban J connectivity index is 2.15. The number of halogens is 2. The highest BCUT2D eigenvalue weighted by atomic mass is 79.9. The normalized spacial score (nSPS) is 12.1. The number of nitrogen functional groups attached to an aromatic ring is 1. The van der Waals surface area contributed by atoms with Crippen LogP contribution in [0.4, 0.5) is 5.69 Å². The second-order valence-electron chi connectivity index (χ2n) is 6.69. The molecule has 0 bridgehead atoms. The van der Waals surface area contributed by atoms with Crippen LogP contribution in [0.5, 0.6) is 0 Å². The summed E-state index contributed by atoms with van der Waals surface area (Å²) in [6.07, 6.45) is 0. The van der Waals surface area contributed by atoms with Gasteiger partial charge in [0.05, 0.1) is 10.2 Å². The van der Waals surface area contributed by atoms with Gasteiger partial charge in [0, 0.05) is 15.6 Å². The molecule has 5 heteroatoms. The quantitative estimate of drug-likeness (QED) is 0.460. The molecule has 1 heterocycles. The van der Waals surface area contributed by atoms with Gasteiger partial charge < -0.3 is 10.2 Å². The summed E-state index contributed by atoms with van der Waals surface area (Å²) in [6, 6.07) is 8.34. The third-order valence-electron chi connectivity index (χ3n) is 3.98. The minimum atomic E-state index is 0.124. The van der Waals surface area contributed by atoms with Crippen LogP contribution in [-0.2, 0) is 5.41 Å². The molecule has 0 amide bonds. The molecule has 3 nitrogen and oxygen atoms in total. The molecular formula is C18H18Br2N2O. The monoisotopic (exact) mass is 436 g/mol. The lowest BCUT2D eigenvalue weighted by molar-refractivity contribution is 0.589. The SMILES string of the molecule is Cc1c(Br)c(N)c(Br)c2nc(-c3ccc(C(C)(C)C)cc3)oc12. The number of rotatable bonds is 1. The van der Waals surface area contributed by atoms with E-state index in [-0.39, 0.29) is 5.41 Å². The van der Waals surface area contributed by atoms with Crippen LogP contribution in [0.25, 0.3) is 22.6 Å². The molecule has 0 fully saturated rings. The van der Waals surface area contributed by atoms with E-state index in [2.05, 4.69) is 69.7 Å². The molecule has 3 rings (SSSR count). The average Bonchev–Trinajstić information content (AvgIpc) is 2.95. The summed E-state index contributed by atoms with van der Waals surface area (Å²) in [5.74, 6) is 0.599. The summed E-state index contributed by atoms with van der Waals surface area (Å²) in [5.41, 5.74) is 11.5. The molecule has 120 valence electrons. The first-order chi connectivity index (χ1) is 10.7. The molecular weight excluding hydrogens is 420 g/mol. The van der Waals surface area contributed by atoms with Crippen LogP contribution < -0.4 is 5.73 Å². The van der Waals surface area contributed by atoms with Gasteiger partial charge in [-0.3, -0.25) is 0 Å². The lowest BCUT2D eigenvalue weighted by atomic mass is 9.87. The Kier molecular flexibility index (Phi) is 4.05. The lowest BCUT2D eigenvalue weighted by Crippen LogP contribution is -2.10. The molecule has 0 aliphatic heterocycles. The van der Waals surface area contributed by atoms with E-state index in [0.717, 1.165) is 31.2 Å². The third kappa shape index (κ3) is 2.81. The third-order valence-corrected chi connectivity index (χ3v) is 5.80. The van der Waals surface area contributed by atoms with Gasteiger partial charge in [-0.1, -0.05) is 32.9 Å². The molecule has 0 atom stereocenters. The molecule has 0 saturated heterocycles. The molecule has 2 N–H and O–H groups in total. The van der Waals surface area contributed by atoms with Crippen molar-refractivity contribution in [2.24, 2.45) is 0 Å². The minimum absolute atomic E-state index is 0.124. The number of aromatic nitrogens is 1. The summed E-state index contributed by atoms with van der Waals surface area (Å²) < 4.78 is 7.59. The van der Waals surface area contributed by atoms with E-state index in [1.54, 1.807) is 0 Å². The van der Waals surface area contributed by atoms with Crippen LogP contribution in [0.2, 0.25) is 0 Å². The fraction of sp³-hybridized carbons (Fsp3) is 0.278. The molecule has 3 aromatic rings. The van der Waals surface area contributed by atoms with E-state index in [9.17, 15) is 0 Å². The van der Waals surface area contributed by atoms with Crippen molar-refractivity contribution in [3.05, 3.63) is 44.3 Å². The van der Waals surface area contributed by atoms with Gasteiger partial charge >= 0.3 is 0 Å². The van der Waals surface area contributed by atoms with E-state index in [0.29, 0.717) is 11.6 Å². The van der Waals surface area contributed by atoms with Crippen molar-refractivity contribution >= 4 is 48.6 Å². The van der Waals surface area contributed by atoms with Gasteiger partial charge in [-0.25, -0.2) is 4.98 Å². The Morgan fingerprint density at radius 3 is 2.22 bits per heavy atom. The van der Waals surface area contributed by atoms with Gasteiger partial charge in [-0.05, 0) is 61.9 Å². The highest BCUT2D eigenvalue weighted by molar-refractivity contribution is 9.11. The van der Waals surface area contributed by atoms with Gasteiger partial charge in [-0.15, -0.1) is 0 Å². The van der Waals surface area contributed by atoms with Gasteiger partial charge in [-0.2, -0.15) is 0 Å². The predicted octanol–water partition coefficient (Wildman–Crippen LogP) is 6.21. The van der Waals surface area contributed by atoms with Crippen molar-refractivity contribution in [2.75, 3.05) is 5.73 Å².